The van der Waals surface area contributed by atoms with E-state index in [-0.39, 0.29) is 35.6 Å². The van der Waals surface area contributed by atoms with Crippen molar-refractivity contribution in [1.82, 2.24) is 25.3 Å². The van der Waals surface area contributed by atoms with Gasteiger partial charge in [0, 0.05) is 71.1 Å². The molecule has 14 nitrogen and oxygen atoms in total. The lowest BCUT2D eigenvalue weighted by Crippen LogP contribution is -2.41. The Kier molecular flexibility index (Phi) is 16.7. The predicted molar refractivity (Wildman–Crippen MR) is 200 cm³/mol. The highest BCUT2D eigenvalue weighted by molar-refractivity contribution is 5.97. The molecule has 0 spiro atoms. The lowest BCUT2D eigenvalue weighted by Gasteiger charge is -2.27. The van der Waals surface area contributed by atoms with E-state index >= 15 is 0 Å². The SMILES string of the molecule is CN(CCN(C)C(=O)C(C)(C)C)C(=O)OCc1ccc(/N=N/c2ccc(O)c(C(=O)NCCCCCC(=O)NCCN(C)C(=O)C(C)(C)C)c2)cc1. The van der Waals surface area contributed by atoms with Gasteiger partial charge >= 0.3 is 6.09 Å². The summed E-state index contributed by atoms with van der Waals surface area (Å²) < 4.78 is 5.40. The van der Waals surface area contributed by atoms with Crippen LogP contribution in [0.2, 0.25) is 0 Å². The van der Waals surface area contributed by atoms with Gasteiger partial charge in [0.05, 0.1) is 16.9 Å². The van der Waals surface area contributed by atoms with Crippen molar-refractivity contribution in [2.45, 2.75) is 73.8 Å². The minimum atomic E-state index is -0.500. The van der Waals surface area contributed by atoms with E-state index in [1.807, 2.05) is 41.5 Å². The van der Waals surface area contributed by atoms with Gasteiger partial charge in [0.15, 0.2) is 0 Å². The minimum absolute atomic E-state index is 0.00480. The normalized spacial score (nSPS) is 11.6. The van der Waals surface area contributed by atoms with Gasteiger partial charge in [0.1, 0.15) is 12.4 Å². The summed E-state index contributed by atoms with van der Waals surface area (Å²) in [6.45, 7) is 13.1. The second kappa shape index (κ2) is 20.1. The molecule has 0 atom stereocenters. The number of phenolic OH excluding ortho intramolecular Hbond substituents is 1. The molecule has 3 N–H and O–H groups in total. The van der Waals surface area contributed by atoms with Crippen LogP contribution in [0.1, 0.15) is 83.1 Å². The van der Waals surface area contributed by atoms with Crippen molar-refractivity contribution in [3.8, 4) is 5.75 Å². The van der Waals surface area contributed by atoms with Gasteiger partial charge in [-0.1, -0.05) is 60.1 Å². The fourth-order valence-corrected chi connectivity index (χ4v) is 4.87. The number of ether oxygens (including phenoxy) is 1. The number of nitrogens with zero attached hydrogens (tertiary/aromatic N) is 5. The maximum absolute atomic E-state index is 12.7. The van der Waals surface area contributed by atoms with E-state index < -0.39 is 22.8 Å². The van der Waals surface area contributed by atoms with Crippen LogP contribution in [0.5, 0.6) is 5.75 Å². The van der Waals surface area contributed by atoms with E-state index in [0.29, 0.717) is 63.4 Å². The number of nitrogens with one attached hydrogen (secondary N) is 2. The van der Waals surface area contributed by atoms with Gasteiger partial charge in [-0.2, -0.15) is 10.2 Å². The number of hydrogen-bond donors (Lipinski definition) is 3. The third-order valence-corrected chi connectivity index (χ3v) is 8.00. The predicted octanol–water partition coefficient (Wildman–Crippen LogP) is 5.79. The van der Waals surface area contributed by atoms with E-state index in [1.165, 1.54) is 17.0 Å². The standard InChI is InChI=1S/C38H57N7O7/c1-37(2,3)34(49)43(7)22-21-39-32(47)13-11-10-12-20-40-33(48)30-25-29(18-19-31(30)46)42-41-28-16-14-27(15-17-28)26-52-36(51)45(9)24-23-44(8)35(50)38(4,5)6/h14-19,25,46H,10-13,20-24,26H2,1-9H3,(H,39,47)(H,40,48)/b42-41+. The number of likely N-dealkylation sites (N-methyl/N-ethyl adjacent to an activating group) is 3. The molecule has 0 aliphatic carbocycles. The summed E-state index contributed by atoms with van der Waals surface area (Å²) in [6, 6.07) is 11.3. The number of unbranched alkanes of at least 4 members (excludes halogenated alkanes) is 2. The number of benzene rings is 2. The summed E-state index contributed by atoms with van der Waals surface area (Å²) >= 11 is 0. The molecule has 0 bridgehead atoms. The van der Waals surface area contributed by atoms with Gasteiger partial charge in [-0.15, -0.1) is 0 Å². The van der Waals surface area contributed by atoms with E-state index in [9.17, 15) is 29.1 Å². The molecule has 0 aromatic heterocycles. The van der Waals surface area contributed by atoms with Crippen molar-refractivity contribution < 1.29 is 33.8 Å². The van der Waals surface area contributed by atoms with Crippen molar-refractivity contribution in [2.75, 3.05) is 53.9 Å². The van der Waals surface area contributed by atoms with Gasteiger partial charge in [-0.05, 0) is 48.7 Å². The molecule has 2 aromatic carbocycles. The number of azo groups is 1. The summed E-state index contributed by atoms with van der Waals surface area (Å²) in [6.07, 6.45) is 1.90. The average molecular weight is 724 g/mol. The highest BCUT2D eigenvalue weighted by atomic mass is 16.6. The molecule has 0 radical (unpaired) electrons. The largest absolute Gasteiger partial charge is 0.507 e. The molecule has 0 heterocycles. The van der Waals surface area contributed by atoms with Crippen LogP contribution in [0.4, 0.5) is 16.2 Å². The number of hydrogen-bond acceptors (Lipinski definition) is 9. The Bertz CT molecular complexity index is 1550. The quantitative estimate of drug-likeness (QED) is 0.137. The molecule has 2 aromatic rings. The van der Waals surface area contributed by atoms with Crippen molar-refractivity contribution >= 4 is 41.1 Å². The molecule has 0 saturated heterocycles. The average Bonchev–Trinajstić information content (AvgIpc) is 3.09. The first kappa shape index (κ1) is 43.2. The van der Waals surface area contributed by atoms with E-state index in [2.05, 4.69) is 20.9 Å². The number of aromatic hydroxyl groups is 1. The van der Waals surface area contributed by atoms with Gasteiger partial charge in [0.25, 0.3) is 5.91 Å². The first-order valence-electron chi connectivity index (χ1n) is 17.6. The zero-order chi connectivity index (χ0) is 39.1. The number of rotatable bonds is 17. The van der Waals surface area contributed by atoms with Crippen LogP contribution in [0.3, 0.4) is 0 Å². The molecule has 0 unspecified atom stereocenters. The Balaban J connectivity index is 1.74. The Labute approximate surface area is 308 Å². The first-order chi connectivity index (χ1) is 24.3. The molecule has 0 fully saturated rings. The molecule has 52 heavy (non-hydrogen) atoms. The van der Waals surface area contributed by atoms with Gasteiger partial charge in [-0.3, -0.25) is 19.2 Å². The third kappa shape index (κ3) is 15.1. The van der Waals surface area contributed by atoms with Gasteiger partial charge in [0.2, 0.25) is 17.7 Å². The smallest absolute Gasteiger partial charge is 0.409 e. The van der Waals surface area contributed by atoms with Crippen LogP contribution in [0.15, 0.2) is 52.7 Å². The Hall–Kier alpha value is -5.01. The molecule has 0 aliphatic heterocycles. The Morgan fingerprint density at radius 3 is 1.87 bits per heavy atom. The zero-order valence-electron chi connectivity index (χ0n) is 32.2. The summed E-state index contributed by atoms with van der Waals surface area (Å²) in [4.78, 5) is 66.5. The second-order valence-electron chi connectivity index (χ2n) is 14.9. The van der Waals surface area contributed by atoms with Crippen molar-refractivity contribution in [3.63, 3.8) is 0 Å². The topological polar surface area (TPSA) is 173 Å². The van der Waals surface area contributed by atoms with Crippen LogP contribution in [-0.2, 0) is 25.7 Å². The fourth-order valence-electron chi connectivity index (χ4n) is 4.87. The zero-order valence-corrected chi connectivity index (χ0v) is 32.2. The van der Waals surface area contributed by atoms with Crippen LogP contribution < -0.4 is 10.6 Å². The summed E-state index contributed by atoms with van der Waals surface area (Å²) in [7, 11) is 5.05. The van der Waals surface area contributed by atoms with Gasteiger partial charge < -0.3 is 35.2 Å². The number of amides is 5. The number of phenols is 1. The van der Waals surface area contributed by atoms with Crippen LogP contribution in [-0.4, -0.2) is 103 Å². The van der Waals surface area contributed by atoms with Crippen molar-refractivity contribution in [1.29, 1.82) is 0 Å². The fraction of sp³-hybridized carbons (Fsp3) is 0.553. The molecule has 5 amide bonds. The monoisotopic (exact) mass is 723 g/mol. The molecule has 0 saturated carbocycles. The number of carbonyl (C=O) groups is 5. The molecule has 14 heteroatoms. The lowest BCUT2D eigenvalue weighted by molar-refractivity contribution is -0.138. The molecular weight excluding hydrogens is 666 g/mol. The highest BCUT2D eigenvalue weighted by Gasteiger charge is 2.26. The van der Waals surface area contributed by atoms with Crippen LogP contribution in [0.25, 0.3) is 0 Å². The van der Waals surface area contributed by atoms with Crippen LogP contribution in [0, 0.1) is 10.8 Å². The molecule has 286 valence electrons. The van der Waals surface area contributed by atoms with Crippen molar-refractivity contribution in [2.24, 2.45) is 21.1 Å². The summed E-state index contributed by atoms with van der Waals surface area (Å²) in [5.41, 5.74) is 0.771. The minimum Gasteiger partial charge on any atom is -0.507 e. The summed E-state index contributed by atoms with van der Waals surface area (Å²) in [5.74, 6) is -0.695. The highest BCUT2D eigenvalue weighted by Crippen LogP contribution is 2.25. The Morgan fingerprint density at radius 1 is 0.692 bits per heavy atom. The Morgan fingerprint density at radius 2 is 1.25 bits per heavy atom. The second-order valence-corrected chi connectivity index (χ2v) is 14.9. The van der Waals surface area contributed by atoms with Crippen molar-refractivity contribution in [3.05, 3.63) is 53.6 Å². The maximum atomic E-state index is 12.7. The lowest BCUT2D eigenvalue weighted by atomic mass is 9.95. The van der Waals surface area contributed by atoms with Gasteiger partial charge in [-0.25, -0.2) is 4.79 Å². The molecule has 0 aliphatic rings. The first-order valence-corrected chi connectivity index (χ1v) is 17.6. The maximum Gasteiger partial charge on any atom is 0.409 e. The molecule has 2 rings (SSSR count). The number of carbonyl (C=O) groups excluding carboxylic acids is 5. The van der Waals surface area contributed by atoms with E-state index in [1.54, 1.807) is 61.3 Å². The molecular formula is C38H57N7O7. The van der Waals surface area contributed by atoms with E-state index in [4.69, 9.17) is 4.74 Å². The van der Waals surface area contributed by atoms with Crippen LogP contribution >= 0.6 is 0 Å². The third-order valence-electron chi connectivity index (χ3n) is 8.00. The summed E-state index contributed by atoms with van der Waals surface area (Å²) in [5, 5.41) is 24.3. The van der Waals surface area contributed by atoms with E-state index in [0.717, 1.165) is 12.0 Å².